The van der Waals surface area contributed by atoms with Crippen LogP contribution in [0.3, 0.4) is 0 Å². The molecule has 3 amide bonds. The smallest absolute Gasteiger partial charge is 0.413 e. The third kappa shape index (κ3) is 6.45. The van der Waals surface area contributed by atoms with Gasteiger partial charge in [-0.25, -0.2) is 9.59 Å². The van der Waals surface area contributed by atoms with Crippen LogP contribution in [-0.4, -0.2) is 48.5 Å². The van der Waals surface area contributed by atoms with Crippen LogP contribution >= 0.6 is 24.4 Å². The van der Waals surface area contributed by atoms with Crippen LogP contribution < -0.4 is 21.3 Å². The van der Waals surface area contributed by atoms with E-state index < -0.39 is 6.09 Å². The maximum Gasteiger partial charge on any atom is 0.413 e. The van der Waals surface area contributed by atoms with Gasteiger partial charge >= 0.3 is 12.1 Å². The van der Waals surface area contributed by atoms with Crippen molar-refractivity contribution in [2.75, 3.05) is 31.8 Å². The molecule has 10 heteroatoms. The van der Waals surface area contributed by atoms with Gasteiger partial charge in [-0.05, 0) is 36.6 Å². The molecule has 0 saturated heterocycles. The molecule has 0 radical (unpaired) electrons. The molecule has 0 heterocycles. The first kappa shape index (κ1) is 18.6. The molecule has 8 nitrogen and oxygen atoms in total. The van der Waals surface area contributed by atoms with E-state index in [1.165, 1.54) is 12.0 Å². The molecule has 124 valence electrons. The van der Waals surface area contributed by atoms with Gasteiger partial charge in [-0.2, -0.15) is 0 Å². The SMILES string of the molecule is COC(=O)NC(=S)Nc1ccccc1NC(=S)NC(=O)N(C)C. The number of para-hydroxylation sites is 2. The number of ether oxygens (including phenoxy) is 1. The van der Waals surface area contributed by atoms with Crippen molar-refractivity contribution in [1.82, 2.24) is 15.5 Å². The van der Waals surface area contributed by atoms with Gasteiger partial charge in [0, 0.05) is 14.1 Å². The molecule has 1 aromatic rings. The second-order valence-corrected chi connectivity index (χ2v) is 5.21. The Kier molecular flexibility index (Phi) is 7.16. The summed E-state index contributed by atoms with van der Waals surface area (Å²) in [5.41, 5.74) is 1.14. The number of nitrogens with one attached hydrogen (secondary N) is 4. The lowest BCUT2D eigenvalue weighted by atomic mass is 10.2. The predicted octanol–water partition coefficient (Wildman–Crippen LogP) is 1.71. The summed E-state index contributed by atoms with van der Waals surface area (Å²) in [4.78, 5) is 24.0. The molecule has 0 saturated carbocycles. The van der Waals surface area contributed by atoms with Crippen LogP contribution in [0.1, 0.15) is 0 Å². The molecule has 0 fully saturated rings. The molecule has 0 unspecified atom stereocenters. The van der Waals surface area contributed by atoms with Crippen molar-refractivity contribution < 1.29 is 14.3 Å². The second-order valence-electron chi connectivity index (χ2n) is 4.39. The van der Waals surface area contributed by atoms with Gasteiger partial charge < -0.3 is 20.3 Å². The summed E-state index contributed by atoms with van der Waals surface area (Å²) in [6.07, 6.45) is -0.679. The van der Waals surface area contributed by atoms with Gasteiger partial charge in [0.05, 0.1) is 18.5 Å². The molecule has 1 aromatic carbocycles. The number of rotatable bonds is 2. The number of hydrogen-bond donors (Lipinski definition) is 4. The molecule has 23 heavy (non-hydrogen) atoms. The van der Waals surface area contributed by atoms with E-state index in [2.05, 4.69) is 26.0 Å². The molecule has 0 spiro atoms. The molecule has 0 aliphatic rings. The van der Waals surface area contributed by atoms with Crippen LogP contribution in [0.25, 0.3) is 0 Å². The van der Waals surface area contributed by atoms with Gasteiger partial charge in [0.25, 0.3) is 0 Å². The van der Waals surface area contributed by atoms with Crippen LogP contribution in [0.2, 0.25) is 0 Å². The number of benzene rings is 1. The quantitative estimate of drug-likeness (QED) is 0.600. The van der Waals surface area contributed by atoms with E-state index in [-0.39, 0.29) is 16.3 Å². The maximum absolute atomic E-state index is 11.6. The molecule has 0 atom stereocenters. The summed E-state index contributed by atoms with van der Waals surface area (Å²) < 4.78 is 4.45. The van der Waals surface area contributed by atoms with E-state index in [4.69, 9.17) is 24.4 Å². The summed E-state index contributed by atoms with van der Waals surface area (Å²) in [7, 11) is 4.44. The Labute approximate surface area is 144 Å². The first-order valence-electron chi connectivity index (χ1n) is 6.37. The largest absolute Gasteiger partial charge is 0.453 e. The minimum atomic E-state index is -0.679. The van der Waals surface area contributed by atoms with Crippen molar-refractivity contribution in [2.24, 2.45) is 0 Å². The number of urea groups is 1. The first-order valence-corrected chi connectivity index (χ1v) is 7.19. The fourth-order valence-corrected chi connectivity index (χ4v) is 1.75. The van der Waals surface area contributed by atoms with Gasteiger partial charge in [0.1, 0.15) is 0 Å². The number of methoxy groups -OCH3 is 1. The van der Waals surface area contributed by atoms with Gasteiger partial charge in [0.15, 0.2) is 10.2 Å². The minimum Gasteiger partial charge on any atom is -0.453 e. The van der Waals surface area contributed by atoms with Crippen LogP contribution in [-0.2, 0) is 4.74 Å². The Balaban J connectivity index is 2.74. The van der Waals surface area contributed by atoms with Crippen molar-refractivity contribution in [3.63, 3.8) is 0 Å². The number of carbonyl (C=O) groups excluding carboxylic acids is 2. The van der Waals surface area contributed by atoms with E-state index in [1.807, 2.05) is 0 Å². The molecular weight excluding hydrogens is 338 g/mol. The lowest BCUT2D eigenvalue weighted by Gasteiger charge is -2.17. The van der Waals surface area contributed by atoms with Gasteiger partial charge in [-0.1, -0.05) is 12.1 Å². The normalized spacial score (nSPS) is 9.35. The number of anilines is 2. The summed E-state index contributed by atoms with van der Waals surface area (Å²) >= 11 is 10.1. The predicted molar refractivity (Wildman–Crippen MR) is 96.6 cm³/mol. The van der Waals surface area contributed by atoms with E-state index in [0.717, 1.165) is 0 Å². The monoisotopic (exact) mass is 355 g/mol. The summed E-state index contributed by atoms with van der Waals surface area (Å²) in [6.45, 7) is 0. The van der Waals surface area contributed by atoms with Crippen LogP contribution in [0.15, 0.2) is 24.3 Å². The highest BCUT2D eigenvalue weighted by Crippen LogP contribution is 2.20. The van der Waals surface area contributed by atoms with Crippen molar-refractivity contribution in [3.05, 3.63) is 24.3 Å². The average Bonchev–Trinajstić information content (AvgIpc) is 2.48. The maximum atomic E-state index is 11.6. The van der Waals surface area contributed by atoms with Crippen molar-refractivity contribution in [2.45, 2.75) is 0 Å². The number of nitrogens with zero attached hydrogens (tertiary/aromatic N) is 1. The number of alkyl carbamates (subject to hydrolysis) is 1. The third-order valence-corrected chi connectivity index (χ3v) is 2.86. The minimum absolute atomic E-state index is 0.0642. The topological polar surface area (TPSA) is 94.7 Å². The van der Waals surface area contributed by atoms with Crippen LogP contribution in [0, 0.1) is 0 Å². The molecule has 0 bridgehead atoms. The zero-order valence-electron chi connectivity index (χ0n) is 12.8. The number of thiocarbonyl (C=S) groups is 2. The first-order chi connectivity index (χ1) is 10.8. The number of carbonyl (C=O) groups is 2. The fourth-order valence-electron chi connectivity index (χ4n) is 1.36. The molecule has 0 aliphatic carbocycles. The van der Waals surface area contributed by atoms with E-state index in [9.17, 15) is 9.59 Å². The molecule has 1 rings (SSSR count). The van der Waals surface area contributed by atoms with Gasteiger partial charge in [-0.3, -0.25) is 10.6 Å². The highest BCUT2D eigenvalue weighted by molar-refractivity contribution is 7.80. The Morgan fingerprint density at radius 2 is 1.48 bits per heavy atom. The lowest BCUT2D eigenvalue weighted by Crippen LogP contribution is -2.41. The van der Waals surface area contributed by atoms with Crippen LogP contribution in [0.5, 0.6) is 0 Å². The Hall–Kier alpha value is -2.46. The van der Waals surface area contributed by atoms with E-state index in [1.54, 1.807) is 38.4 Å². The lowest BCUT2D eigenvalue weighted by molar-refractivity contribution is 0.177. The molecule has 0 aromatic heterocycles. The Morgan fingerprint density at radius 3 is 1.91 bits per heavy atom. The average molecular weight is 355 g/mol. The summed E-state index contributed by atoms with van der Waals surface area (Å²) in [5, 5.41) is 10.7. The van der Waals surface area contributed by atoms with E-state index >= 15 is 0 Å². The highest BCUT2D eigenvalue weighted by Gasteiger charge is 2.10. The second kappa shape index (κ2) is 8.86. The van der Waals surface area contributed by atoms with Gasteiger partial charge in [-0.15, -0.1) is 0 Å². The number of hydrogen-bond acceptors (Lipinski definition) is 5. The zero-order valence-corrected chi connectivity index (χ0v) is 14.4. The molecular formula is C13H17N5O3S2. The standard InChI is InChI=1S/C13H17N5O3S2/c1-18(2)12(19)16-10(22)14-8-6-4-5-7-9(8)15-11(23)17-13(20)21-3/h4-7H,1-3H3,(H2,14,16,19,22)(H2,15,17,20,23). The molecule has 4 N–H and O–H groups in total. The fraction of sp³-hybridized carbons (Fsp3) is 0.231. The Bertz CT molecular complexity index is 621. The summed E-state index contributed by atoms with van der Waals surface area (Å²) in [5.74, 6) is 0. The van der Waals surface area contributed by atoms with Crippen LogP contribution in [0.4, 0.5) is 21.0 Å². The Morgan fingerprint density at radius 1 is 1.00 bits per heavy atom. The van der Waals surface area contributed by atoms with Crippen molar-refractivity contribution in [3.8, 4) is 0 Å². The van der Waals surface area contributed by atoms with Crippen molar-refractivity contribution in [1.29, 1.82) is 0 Å². The third-order valence-electron chi connectivity index (χ3n) is 2.45. The van der Waals surface area contributed by atoms with Crippen molar-refractivity contribution >= 4 is 58.2 Å². The van der Waals surface area contributed by atoms with E-state index in [0.29, 0.717) is 11.4 Å². The zero-order chi connectivity index (χ0) is 17.4. The number of amides is 3. The summed E-state index contributed by atoms with van der Waals surface area (Å²) in [6, 6.07) is 6.66. The highest BCUT2D eigenvalue weighted by atomic mass is 32.1. The van der Waals surface area contributed by atoms with Gasteiger partial charge in [0.2, 0.25) is 0 Å². The molecule has 0 aliphatic heterocycles.